The molecule has 1 fully saturated rings. The Hall–Kier alpha value is -2.27. The van der Waals surface area contributed by atoms with E-state index in [4.69, 9.17) is 9.47 Å². The molecule has 0 saturated carbocycles. The van der Waals surface area contributed by atoms with Crippen molar-refractivity contribution in [3.8, 4) is 11.5 Å². The summed E-state index contributed by atoms with van der Waals surface area (Å²) in [5.41, 5.74) is 1.01. The largest absolute Gasteiger partial charge is 0.454 e. The Balaban J connectivity index is 1.35. The normalized spacial score (nSPS) is 17.2. The molecule has 5 heteroatoms. The first-order chi connectivity index (χ1) is 11.8. The first kappa shape index (κ1) is 16.6. The lowest BCUT2D eigenvalue weighted by atomic mass is 10.2. The molecule has 1 aromatic carbocycles. The minimum atomic E-state index is -0.0493. The predicted octanol–water partition coefficient (Wildman–Crippen LogP) is 2.59. The lowest BCUT2D eigenvalue weighted by molar-refractivity contribution is -0.116. The van der Waals surface area contributed by atoms with Gasteiger partial charge in [-0.15, -0.1) is 0 Å². The van der Waals surface area contributed by atoms with Gasteiger partial charge in [-0.25, -0.2) is 0 Å². The Morgan fingerprint density at radius 1 is 1.17 bits per heavy atom. The van der Waals surface area contributed by atoms with Crippen LogP contribution in [0.4, 0.5) is 0 Å². The van der Waals surface area contributed by atoms with Crippen molar-refractivity contribution in [3.63, 3.8) is 0 Å². The van der Waals surface area contributed by atoms with Crippen LogP contribution in [0.25, 0.3) is 6.08 Å². The van der Waals surface area contributed by atoms with Crippen LogP contribution >= 0.6 is 0 Å². The van der Waals surface area contributed by atoms with Gasteiger partial charge in [0.15, 0.2) is 11.5 Å². The zero-order valence-corrected chi connectivity index (χ0v) is 13.9. The number of nitrogens with zero attached hydrogens (tertiary/aromatic N) is 1. The monoisotopic (exact) mass is 328 g/mol. The molecule has 0 spiro atoms. The predicted molar refractivity (Wildman–Crippen MR) is 94.0 cm³/mol. The van der Waals surface area contributed by atoms with E-state index in [-0.39, 0.29) is 12.7 Å². The molecule has 1 saturated heterocycles. The molecule has 0 radical (unpaired) electrons. The lowest BCUT2D eigenvalue weighted by Gasteiger charge is -2.13. The van der Waals surface area contributed by atoms with Crippen molar-refractivity contribution in [3.05, 3.63) is 42.0 Å². The smallest absolute Gasteiger partial charge is 0.243 e. The van der Waals surface area contributed by atoms with E-state index >= 15 is 0 Å². The molecule has 0 aromatic heterocycles. The van der Waals surface area contributed by atoms with Crippen LogP contribution in [0.2, 0.25) is 0 Å². The third kappa shape index (κ3) is 4.86. The number of allylic oxidation sites excluding steroid dienone is 2. The minimum Gasteiger partial charge on any atom is -0.454 e. The number of hydrogen-bond acceptors (Lipinski definition) is 4. The number of ether oxygens (including phenoxy) is 2. The summed E-state index contributed by atoms with van der Waals surface area (Å²) in [4.78, 5) is 14.2. The number of likely N-dealkylation sites (tertiary alicyclic amines) is 1. The molecular weight excluding hydrogens is 304 g/mol. The maximum Gasteiger partial charge on any atom is 0.243 e. The van der Waals surface area contributed by atoms with E-state index in [9.17, 15) is 4.79 Å². The summed E-state index contributed by atoms with van der Waals surface area (Å²) in [6, 6.07) is 5.76. The number of carbonyl (C=O) groups excluding carboxylic acids is 1. The van der Waals surface area contributed by atoms with E-state index in [2.05, 4.69) is 10.2 Å². The highest BCUT2D eigenvalue weighted by Crippen LogP contribution is 2.32. The highest BCUT2D eigenvalue weighted by Gasteiger charge is 2.12. The SMILES string of the molecule is O=C(C=CC=Cc1ccc2c(c1)OCO2)NCCCN1CCCC1. The summed E-state index contributed by atoms with van der Waals surface area (Å²) in [5, 5.41) is 2.92. The quantitative estimate of drug-likeness (QED) is 0.475. The van der Waals surface area contributed by atoms with Gasteiger partial charge in [0.1, 0.15) is 0 Å². The first-order valence-electron chi connectivity index (χ1n) is 8.56. The summed E-state index contributed by atoms with van der Waals surface area (Å²) in [6.45, 7) is 4.50. The molecule has 0 atom stereocenters. The van der Waals surface area contributed by atoms with E-state index in [1.165, 1.54) is 25.9 Å². The van der Waals surface area contributed by atoms with E-state index < -0.39 is 0 Å². The maximum atomic E-state index is 11.7. The number of nitrogens with one attached hydrogen (secondary N) is 1. The third-order valence-electron chi connectivity index (χ3n) is 4.19. The van der Waals surface area contributed by atoms with E-state index in [1.807, 2.05) is 30.4 Å². The van der Waals surface area contributed by atoms with Crippen molar-refractivity contribution in [2.45, 2.75) is 19.3 Å². The molecule has 128 valence electrons. The van der Waals surface area contributed by atoms with Crippen LogP contribution in [0, 0.1) is 0 Å². The van der Waals surface area contributed by atoms with Crippen molar-refractivity contribution < 1.29 is 14.3 Å². The molecule has 5 nitrogen and oxygen atoms in total. The number of hydrogen-bond donors (Lipinski definition) is 1. The molecule has 2 aliphatic heterocycles. The van der Waals surface area contributed by atoms with Crippen LogP contribution < -0.4 is 14.8 Å². The fraction of sp³-hybridized carbons (Fsp3) is 0.421. The highest BCUT2D eigenvalue weighted by atomic mass is 16.7. The van der Waals surface area contributed by atoms with E-state index in [0.29, 0.717) is 0 Å². The maximum absolute atomic E-state index is 11.7. The fourth-order valence-corrected chi connectivity index (χ4v) is 2.91. The molecule has 2 heterocycles. The average molecular weight is 328 g/mol. The Morgan fingerprint density at radius 3 is 2.88 bits per heavy atom. The third-order valence-corrected chi connectivity index (χ3v) is 4.19. The molecule has 2 aliphatic rings. The average Bonchev–Trinajstić information content (AvgIpc) is 3.26. The van der Waals surface area contributed by atoms with Crippen LogP contribution in [0.1, 0.15) is 24.8 Å². The Labute approximate surface area is 142 Å². The van der Waals surface area contributed by atoms with Crippen LogP contribution in [-0.4, -0.2) is 43.8 Å². The van der Waals surface area contributed by atoms with Gasteiger partial charge in [0.25, 0.3) is 0 Å². The van der Waals surface area contributed by atoms with Crippen molar-refractivity contribution in [1.82, 2.24) is 10.2 Å². The standard InChI is InChI=1S/C19H24N2O3/c22-19(20-10-5-13-21-11-3-4-12-21)7-2-1-6-16-8-9-17-18(14-16)24-15-23-17/h1-2,6-9,14H,3-5,10-13,15H2,(H,20,22). The molecule has 1 aromatic rings. The summed E-state index contributed by atoms with van der Waals surface area (Å²) in [7, 11) is 0. The second-order valence-corrected chi connectivity index (χ2v) is 6.02. The highest BCUT2D eigenvalue weighted by molar-refractivity contribution is 5.87. The molecule has 0 unspecified atom stereocenters. The van der Waals surface area contributed by atoms with Gasteiger partial charge < -0.3 is 19.7 Å². The van der Waals surface area contributed by atoms with Gasteiger partial charge in [-0.3, -0.25) is 4.79 Å². The van der Waals surface area contributed by atoms with Gasteiger partial charge in [-0.2, -0.15) is 0 Å². The van der Waals surface area contributed by atoms with Crippen LogP contribution in [0.15, 0.2) is 36.4 Å². The summed E-state index contributed by atoms with van der Waals surface area (Å²) in [5.74, 6) is 1.49. The zero-order chi connectivity index (χ0) is 16.6. The molecule has 1 N–H and O–H groups in total. The van der Waals surface area contributed by atoms with Crippen molar-refractivity contribution >= 4 is 12.0 Å². The lowest BCUT2D eigenvalue weighted by Crippen LogP contribution is -2.27. The van der Waals surface area contributed by atoms with Crippen molar-refractivity contribution in [2.24, 2.45) is 0 Å². The first-order valence-corrected chi connectivity index (χ1v) is 8.56. The van der Waals surface area contributed by atoms with Crippen molar-refractivity contribution in [2.75, 3.05) is 33.0 Å². The zero-order valence-electron chi connectivity index (χ0n) is 13.9. The molecule has 0 bridgehead atoms. The molecule has 0 aliphatic carbocycles. The van der Waals surface area contributed by atoms with Crippen molar-refractivity contribution in [1.29, 1.82) is 0 Å². The fourth-order valence-electron chi connectivity index (χ4n) is 2.91. The topological polar surface area (TPSA) is 50.8 Å². The summed E-state index contributed by atoms with van der Waals surface area (Å²) < 4.78 is 10.6. The Morgan fingerprint density at radius 2 is 2.00 bits per heavy atom. The summed E-state index contributed by atoms with van der Waals surface area (Å²) >= 11 is 0. The molecule has 3 rings (SSSR count). The van der Waals surface area contributed by atoms with Gasteiger partial charge in [0.05, 0.1) is 0 Å². The van der Waals surface area contributed by atoms with Gasteiger partial charge in [-0.05, 0) is 56.6 Å². The van der Waals surface area contributed by atoms with E-state index in [1.54, 1.807) is 12.2 Å². The Kier molecular flexibility index (Phi) is 5.90. The number of rotatable bonds is 7. The number of carbonyl (C=O) groups is 1. The van der Waals surface area contributed by atoms with Crippen LogP contribution in [0.3, 0.4) is 0 Å². The minimum absolute atomic E-state index is 0.0493. The van der Waals surface area contributed by atoms with E-state index in [0.717, 1.165) is 36.6 Å². The molecule has 1 amide bonds. The van der Waals surface area contributed by atoms with Gasteiger partial charge >= 0.3 is 0 Å². The number of fused-ring (bicyclic) bond motifs is 1. The molecular formula is C19H24N2O3. The number of benzene rings is 1. The second-order valence-electron chi connectivity index (χ2n) is 6.02. The molecule has 24 heavy (non-hydrogen) atoms. The summed E-state index contributed by atoms with van der Waals surface area (Å²) in [6.07, 6.45) is 10.7. The van der Waals surface area contributed by atoms with Crippen LogP contribution in [-0.2, 0) is 4.79 Å². The second kappa shape index (κ2) is 8.55. The van der Waals surface area contributed by atoms with Crippen LogP contribution in [0.5, 0.6) is 11.5 Å². The Bertz CT molecular complexity index is 619. The number of amides is 1. The van der Waals surface area contributed by atoms with Gasteiger partial charge in [0.2, 0.25) is 12.7 Å². The van der Waals surface area contributed by atoms with Gasteiger partial charge in [-0.1, -0.05) is 24.3 Å². The van der Waals surface area contributed by atoms with Gasteiger partial charge in [0, 0.05) is 12.6 Å².